The van der Waals surface area contributed by atoms with E-state index in [2.05, 4.69) is 9.97 Å². The predicted octanol–water partition coefficient (Wildman–Crippen LogP) is 4.99. The van der Waals surface area contributed by atoms with Gasteiger partial charge < -0.3 is 15.2 Å². The number of halogens is 8. The minimum atomic E-state index is -4.76. The minimum absolute atomic E-state index is 0.0677. The normalized spacial score (nSPS) is 14.6. The first kappa shape index (κ1) is 26.2. The number of hydrogen-bond donors (Lipinski definition) is 1. The quantitative estimate of drug-likeness (QED) is 0.275. The number of imidazole rings is 1. The van der Waals surface area contributed by atoms with Crippen molar-refractivity contribution in [1.82, 2.24) is 19.4 Å². The lowest BCUT2D eigenvalue weighted by Crippen LogP contribution is -2.42. The third-order valence-corrected chi connectivity index (χ3v) is 6.49. The third-order valence-electron chi connectivity index (χ3n) is 5.72. The Bertz CT molecular complexity index is 1330. The molecule has 1 aliphatic rings. The van der Waals surface area contributed by atoms with Crippen LogP contribution in [-0.4, -0.2) is 37.9 Å². The number of hydrogen-bond acceptors (Lipinski definition) is 4. The molecule has 0 fully saturated rings. The van der Waals surface area contributed by atoms with Crippen molar-refractivity contribution in [2.45, 2.75) is 38.1 Å². The smallest absolute Gasteiger partial charge is 0.335 e. The minimum Gasteiger partial charge on any atom is -0.335 e. The molecule has 1 amide bonds. The molecule has 2 N–H and O–H groups in total. The summed E-state index contributed by atoms with van der Waals surface area (Å²) in [5.41, 5.74) is 5.86. The van der Waals surface area contributed by atoms with Crippen LogP contribution in [0.4, 0.5) is 26.3 Å². The average molecular weight is 552 g/mol. The second-order valence-electron chi connectivity index (χ2n) is 8.18. The largest absolute Gasteiger partial charge is 0.449 e. The monoisotopic (exact) mass is 551 g/mol. The molecule has 1 unspecified atom stereocenters. The van der Waals surface area contributed by atoms with E-state index in [4.69, 9.17) is 28.9 Å². The van der Waals surface area contributed by atoms with Gasteiger partial charge in [0, 0.05) is 43.4 Å². The predicted molar refractivity (Wildman–Crippen MR) is 119 cm³/mol. The zero-order valence-electron chi connectivity index (χ0n) is 18.2. The number of nitrogens with two attached hydrogens (primary N) is 1. The summed E-state index contributed by atoms with van der Waals surface area (Å²) in [6.45, 7) is -0.506. The number of carbonyl (C=O) groups is 1. The molecule has 2 aromatic heterocycles. The van der Waals surface area contributed by atoms with Gasteiger partial charge in [-0.3, -0.25) is 4.79 Å². The van der Waals surface area contributed by atoms with Gasteiger partial charge in [-0.05, 0) is 24.1 Å². The van der Waals surface area contributed by atoms with E-state index in [1.54, 1.807) is 0 Å². The molecule has 192 valence electrons. The van der Waals surface area contributed by atoms with Gasteiger partial charge in [0.25, 0.3) is 0 Å². The van der Waals surface area contributed by atoms with E-state index in [9.17, 15) is 31.1 Å². The molecule has 0 saturated heterocycles. The van der Waals surface area contributed by atoms with Crippen LogP contribution in [0.15, 0.2) is 24.4 Å². The highest BCUT2D eigenvalue weighted by molar-refractivity contribution is 6.42. The zero-order chi connectivity index (χ0) is 26.4. The Kier molecular flexibility index (Phi) is 7.22. The lowest BCUT2D eigenvalue weighted by atomic mass is 10.0. The molecule has 1 atom stereocenters. The number of rotatable bonds is 5. The van der Waals surface area contributed by atoms with Crippen molar-refractivity contribution in [2.24, 2.45) is 5.73 Å². The van der Waals surface area contributed by atoms with Crippen LogP contribution in [0.5, 0.6) is 0 Å². The Labute approximate surface area is 210 Å². The van der Waals surface area contributed by atoms with Gasteiger partial charge in [-0.15, -0.1) is 0 Å². The van der Waals surface area contributed by atoms with E-state index in [1.807, 2.05) is 0 Å². The number of alkyl halides is 3. The van der Waals surface area contributed by atoms with Crippen molar-refractivity contribution in [3.05, 3.63) is 69.1 Å². The van der Waals surface area contributed by atoms with Gasteiger partial charge >= 0.3 is 6.18 Å². The second-order valence-corrected chi connectivity index (χ2v) is 8.92. The number of fused-ring (bicyclic) bond motifs is 1. The molecule has 0 radical (unpaired) electrons. The zero-order valence-corrected chi connectivity index (χ0v) is 19.7. The highest BCUT2D eigenvalue weighted by Crippen LogP contribution is 2.39. The number of pyridine rings is 1. The van der Waals surface area contributed by atoms with Crippen LogP contribution in [0, 0.1) is 17.5 Å². The first-order valence-electron chi connectivity index (χ1n) is 10.5. The highest BCUT2D eigenvalue weighted by atomic mass is 35.5. The van der Waals surface area contributed by atoms with E-state index < -0.39 is 41.4 Å². The molecule has 1 aliphatic heterocycles. The molecule has 4 rings (SSSR count). The molecule has 6 nitrogen and oxygen atoms in total. The molecule has 14 heteroatoms. The van der Waals surface area contributed by atoms with Crippen molar-refractivity contribution in [3.63, 3.8) is 0 Å². The summed E-state index contributed by atoms with van der Waals surface area (Å²) in [6, 6.07) is 1.47. The lowest BCUT2D eigenvalue weighted by molar-refractivity contribution is -0.148. The standard InChI is InChI=1S/C22H17Cl2F6N5O/c23-18-12(1-2-32-20(18)24)19-16-9-34(3-4-35(16)21(33-19)22(28,29)30)17(36)7-11(31)5-10-6-14(26)15(27)8-13(10)25/h1-2,6,8,11H,3-5,7,9,31H2. The summed E-state index contributed by atoms with van der Waals surface area (Å²) in [6.07, 6.45) is -4.06. The van der Waals surface area contributed by atoms with Crippen molar-refractivity contribution in [1.29, 1.82) is 0 Å². The van der Waals surface area contributed by atoms with Crippen LogP contribution in [0.2, 0.25) is 10.2 Å². The maximum Gasteiger partial charge on any atom is 0.449 e. The maximum absolute atomic E-state index is 13.9. The Morgan fingerprint density at radius 3 is 2.50 bits per heavy atom. The molecule has 36 heavy (non-hydrogen) atoms. The Morgan fingerprint density at radius 1 is 1.11 bits per heavy atom. The summed E-state index contributed by atoms with van der Waals surface area (Å²) in [4.78, 5) is 21.7. The summed E-state index contributed by atoms with van der Waals surface area (Å²) < 4.78 is 82.5. The summed E-state index contributed by atoms with van der Waals surface area (Å²) in [5.74, 6) is -5.27. The number of carbonyl (C=O) groups excluding carboxylic acids is 1. The summed E-state index contributed by atoms with van der Waals surface area (Å²) in [5, 5.41) is -0.212. The van der Waals surface area contributed by atoms with Crippen LogP contribution in [-0.2, 0) is 30.5 Å². The molecular weight excluding hydrogens is 535 g/mol. The number of aromatic nitrogens is 3. The summed E-state index contributed by atoms with van der Waals surface area (Å²) >= 11 is 12.1. The Hall–Kier alpha value is -2.83. The van der Waals surface area contributed by atoms with Crippen LogP contribution in [0.25, 0.3) is 11.3 Å². The van der Waals surface area contributed by atoms with Crippen molar-refractivity contribution in [3.8, 4) is 11.3 Å². The number of benzene rings is 1. The highest BCUT2D eigenvalue weighted by Gasteiger charge is 2.41. The van der Waals surface area contributed by atoms with Crippen LogP contribution < -0.4 is 5.73 Å². The number of nitrogens with zero attached hydrogens (tertiary/aromatic N) is 4. The van der Waals surface area contributed by atoms with E-state index in [1.165, 1.54) is 17.2 Å². The van der Waals surface area contributed by atoms with Crippen molar-refractivity contribution in [2.75, 3.05) is 6.54 Å². The van der Waals surface area contributed by atoms with Gasteiger partial charge in [0.2, 0.25) is 11.7 Å². The molecule has 3 aromatic rings. The second kappa shape index (κ2) is 9.91. The van der Waals surface area contributed by atoms with Crippen LogP contribution in [0.1, 0.15) is 23.5 Å². The topological polar surface area (TPSA) is 77.0 Å². The van der Waals surface area contributed by atoms with Gasteiger partial charge in [0.15, 0.2) is 11.6 Å². The van der Waals surface area contributed by atoms with Gasteiger partial charge in [-0.1, -0.05) is 23.2 Å². The Morgan fingerprint density at radius 2 is 1.81 bits per heavy atom. The fourth-order valence-corrected chi connectivity index (χ4v) is 4.40. The fourth-order valence-electron chi connectivity index (χ4n) is 4.04. The first-order valence-corrected chi connectivity index (χ1v) is 11.3. The van der Waals surface area contributed by atoms with Gasteiger partial charge in [-0.2, -0.15) is 13.2 Å². The van der Waals surface area contributed by atoms with Gasteiger partial charge in [0.05, 0.1) is 23.0 Å². The van der Waals surface area contributed by atoms with E-state index >= 15 is 0 Å². The lowest BCUT2D eigenvalue weighted by Gasteiger charge is -2.30. The molecule has 0 bridgehead atoms. The maximum atomic E-state index is 13.9. The molecular formula is C22H17Cl2F6N5O. The first-order chi connectivity index (χ1) is 16.9. The Balaban J connectivity index is 1.58. The number of amides is 1. The fraction of sp³-hybridized carbons (Fsp3) is 0.318. The van der Waals surface area contributed by atoms with Gasteiger partial charge in [-0.25, -0.2) is 23.1 Å². The van der Waals surface area contributed by atoms with E-state index in [0.29, 0.717) is 12.1 Å². The molecule has 1 aromatic carbocycles. The third kappa shape index (κ3) is 5.16. The van der Waals surface area contributed by atoms with E-state index in [-0.39, 0.29) is 65.2 Å². The SMILES string of the molecule is NC(CC(=O)N1CCn2c(C(F)(F)F)nc(-c3ccnc(Cl)c3Cl)c2C1)Cc1cc(F)c(F)cc1F. The average Bonchev–Trinajstić information content (AvgIpc) is 3.18. The van der Waals surface area contributed by atoms with Crippen molar-refractivity contribution < 1.29 is 31.1 Å². The molecule has 0 spiro atoms. The molecule has 3 heterocycles. The summed E-state index contributed by atoms with van der Waals surface area (Å²) in [7, 11) is 0. The van der Waals surface area contributed by atoms with E-state index in [0.717, 1.165) is 4.57 Å². The van der Waals surface area contributed by atoms with Crippen LogP contribution in [0.3, 0.4) is 0 Å². The molecule has 0 aliphatic carbocycles. The van der Waals surface area contributed by atoms with Crippen molar-refractivity contribution >= 4 is 29.1 Å². The van der Waals surface area contributed by atoms with Gasteiger partial charge in [0.1, 0.15) is 11.0 Å². The van der Waals surface area contributed by atoms with Crippen LogP contribution >= 0.6 is 23.2 Å². The molecule has 0 saturated carbocycles.